The van der Waals surface area contributed by atoms with E-state index in [1.807, 2.05) is 0 Å². The van der Waals surface area contributed by atoms with Crippen LogP contribution in [0.4, 0.5) is 11.4 Å². The molecule has 0 bridgehead atoms. The summed E-state index contributed by atoms with van der Waals surface area (Å²) in [6.45, 7) is 0. The van der Waals surface area contributed by atoms with Crippen molar-refractivity contribution in [1.82, 2.24) is 4.57 Å². The van der Waals surface area contributed by atoms with Crippen LogP contribution in [-0.2, 0) is 0 Å². The highest BCUT2D eigenvalue weighted by molar-refractivity contribution is 7.19. The summed E-state index contributed by atoms with van der Waals surface area (Å²) >= 11 is 1.79. The van der Waals surface area contributed by atoms with Crippen LogP contribution >= 0.6 is 11.3 Å². The van der Waals surface area contributed by atoms with Crippen LogP contribution < -0.4 is 4.90 Å². The van der Waals surface area contributed by atoms with Gasteiger partial charge >= 0.3 is 0 Å². The Kier molecular flexibility index (Phi) is 9.85. The second-order valence-corrected chi connectivity index (χ2v) is 18.8. The first-order valence-corrected chi connectivity index (χ1v) is 24.3. The lowest BCUT2D eigenvalue weighted by Crippen LogP contribution is -2.19. The van der Waals surface area contributed by atoms with Gasteiger partial charge in [-0.15, -0.1) is 11.3 Å². The van der Waals surface area contributed by atoms with Gasteiger partial charge < -0.3 is 9.47 Å². The number of nitrogens with zero attached hydrogens (tertiary/aromatic N) is 2. The number of benzene rings is 9. The van der Waals surface area contributed by atoms with Crippen molar-refractivity contribution in [2.24, 2.45) is 0 Å². The molecule has 2 aliphatic carbocycles. The van der Waals surface area contributed by atoms with E-state index in [2.05, 4.69) is 252 Å². The lowest BCUT2D eigenvalue weighted by Gasteiger charge is -2.32. The van der Waals surface area contributed by atoms with Crippen molar-refractivity contribution in [3.05, 3.63) is 252 Å². The molecule has 0 saturated carbocycles. The number of hydrogen-bond donors (Lipinski definition) is 0. The van der Waals surface area contributed by atoms with E-state index in [1.165, 1.54) is 104 Å². The number of thiophene rings is 1. The third-order valence-corrected chi connectivity index (χ3v) is 14.9. The summed E-state index contributed by atoms with van der Waals surface area (Å²) in [7, 11) is 0. The molecular weight excluding hydrogens is 841 g/mol. The summed E-state index contributed by atoms with van der Waals surface area (Å²) in [5.41, 5.74) is 18.3. The van der Waals surface area contributed by atoms with E-state index in [0.717, 1.165) is 29.1 Å². The molecule has 0 N–H and O–H groups in total. The SMILES string of the molecule is C1#Cc2sc3ccccc3c2C=C(c2ccccc2N(C2=CC=C(c3ccccc3-n3c4ccccc4c4ccccc43)CC2)c2ccc(-c3cccc(-c4cccc5ccccc45)c3)cc2)C1. The van der Waals surface area contributed by atoms with Crippen LogP contribution in [0.5, 0.6) is 0 Å². The van der Waals surface area contributed by atoms with Gasteiger partial charge in [-0.3, -0.25) is 0 Å². The largest absolute Gasteiger partial charge is 0.314 e. The van der Waals surface area contributed by atoms with Crippen molar-refractivity contribution < 1.29 is 0 Å². The number of para-hydroxylation sites is 4. The highest BCUT2D eigenvalue weighted by Crippen LogP contribution is 2.44. The van der Waals surface area contributed by atoms with Gasteiger partial charge in [0.2, 0.25) is 0 Å². The number of hydrogen-bond acceptors (Lipinski definition) is 2. The monoisotopic (exact) mass is 884 g/mol. The first-order chi connectivity index (χ1) is 33.7. The minimum Gasteiger partial charge on any atom is -0.314 e. The average molecular weight is 885 g/mol. The zero-order chi connectivity index (χ0) is 45.0. The molecule has 320 valence electrons. The Morgan fingerprint density at radius 3 is 1.93 bits per heavy atom. The molecule has 2 aromatic heterocycles. The zero-order valence-electron chi connectivity index (χ0n) is 37.4. The lowest BCUT2D eigenvalue weighted by atomic mass is 9.92. The normalized spacial score (nSPS) is 13.4. The molecule has 3 heteroatoms. The first kappa shape index (κ1) is 39.9. The van der Waals surface area contributed by atoms with Crippen LogP contribution in [0.3, 0.4) is 0 Å². The number of fused-ring (bicyclic) bond motifs is 7. The van der Waals surface area contributed by atoms with Crippen LogP contribution in [0.1, 0.15) is 40.8 Å². The van der Waals surface area contributed by atoms with Gasteiger partial charge in [0.25, 0.3) is 0 Å². The predicted molar refractivity (Wildman–Crippen MR) is 291 cm³/mol. The lowest BCUT2D eigenvalue weighted by molar-refractivity contribution is 0.927. The maximum Gasteiger partial charge on any atom is 0.0853 e. The van der Waals surface area contributed by atoms with Crippen molar-refractivity contribution in [3.63, 3.8) is 0 Å². The molecule has 2 nitrogen and oxygen atoms in total. The van der Waals surface area contributed by atoms with Crippen molar-refractivity contribution in [2.45, 2.75) is 19.3 Å². The summed E-state index contributed by atoms with van der Waals surface area (Å²) in [6, 6.07) is 77.5. The Labute approximate surface area is 400 Å². The van der Waals surface area contributed by atoms with Crippen molar-refractivity contribution >= 4 is 82.6 Å². The minimum absolute atomic E-state index is 0.676. The van der Waals surface area contributed by atoms with Crippen molar-refractivity contribution in [2.75, 3.05) is 4.90 Å². The highest BCUT2D eigenvalue weighted by atomic mass is 32.1. The third kappa shape index (κ3) is 6.89. The number of anilines is 2. The van der Waals surface area contributed by atoms with Gasteiger partial charge in [0, 0.05) is 55.4 Å². The molecule has 0 saturated heterocycles. The van der Waals surface area contributed by atoms with E-state index in [9.17, 15) is 0 Å². The van der Waals surface area contributed by atoms with E-state index in [1.54, 1.807) is 11.3 Å². The predicted octanol–water partition coefficient (Wildman–Crippen LogP) is 17.7. The molecule has 0 unspecified atom stereocenters. The Bertz CT molecular complexity index is 3900. The molecule has 0 atom stereocenters. The van der Waals surface area contributed by atoms with E-state index < -0.39 is 0 Å². The van der Waals surface area contributed by atoms with Gasteiger partial charge in [0.15, 0.2) is 0 Å². The Hall–Kier alpha value is -8.42. The van der Waals surface area contributed by atoms with Crippen molar-refractivity contribution in [1.29, 1.82) is 0 Å². The molecule has 2 heterocycles. The number of aromatic nitrogens is 1. The van der Waals surface area contributed by atoms with Gasteiger partial charge in [0.05, 0.1) is 27.3 Å². The van der Waals surface area contributed by atoms with E-state index >= 15 is 0 Å². The summed E-state index contributed by atoms with van der Waals surface area (Å²) in [4.78, 5) is 3.65. The summed E-state index contributed by atoms with van der Waals surface area (Å²) in [5.74, 6) is 7.10. The molecule has 0 radical (unpaired) electrons. The molecule has 9 aromatic carbocycles. The fraction of sp³-hybridized carbons (Fsp3) is 0.0462. The van der Waals surface area contributed by atoms with Crippen LogP contribution in [0, 0.1) is 11.8 Å². The Morgan fingerprint density at radius 2 is 1.12 bits per heavy atom. The van der Waals surface area contributed by atoms with E-state index in [4.69, 9.17) is 0 Å². The number of rotatable bonds is 8. The third-order valence-electron chi connectivity index (χ3n) is 13.8. The summed E-state index contributed by atoms with van der Waals surface area (Å²) in [5, 5.41) is 6.33. The summed E-state index contributed by atoms with van der Waals surface area (Å²) in [6.07, 6.45) is 9.57. The van der Waals surface area contributed by atoms with Crippen LogP contribution in [0.2, 0.25) is 0 Å². The Balaban J connectivity index is 0.928. The molecule has 13 rings (SSSR count). The molecule has 68 heavy (non-hydrogen) atoms. The first-order valence-electron chi connectivity index (χ1n) is 23.5. The standard InChI is InChI=1S/C65H44N2S/c1-2-21-52-45(16-1)17-14-27-53(52)48-19-13-18-47(42-48)44-34-38-50(39-35-44)66(60-28-8-4-23-55(60)49-20-15-33-65-59(43-49)58-26-7-12-32-64(58)68-65)51-40-36-46(37-41-51)54-22-3-9-29-61(54)67-62-30-10-5-24-56(62)57-25-6-11-31-63(57)67/h1-14,16-19,21-32,34-36,38-40,42-43H,20,37,41H2. The number of allylic oxidation sites excluding steroid dienone is 5. The molecule has 2 aliphatic rings. The maximum atomic E-state index is 3.56. The van der Waals surface area contributed by atoms with E-state index in [-0.39, 0.29) is 0 Å². The molecule has 0 aliphatic heterocycles. The zero-order valence-corrected chi connectivity index (χ0v) is 38.2. The minimum atomic E-state index is 0.676. The van der Waals surface area contributed by atoms with E-state index in [0.29, 0.717) is 6.42 Å². The quantitative estimate of drug-likeness (QED) is 0.138. The molecule has 11 aromatic rings. The molecular formula is C65H44N2S. The van der Waals surface area contributed by atoms with Gasteiger partial charge in [-0.2, -0.15) is 0 Å². The molecule has 0 amide bonds. The van der Waals surface area contributed by atoms with Gasteiger partial charge in [0.1, 0.15) is 0 Å². The average Bonchev–Trinajstić information content (AvgIpc) is 3.85. The molecule has 0 spiro atoms. The Morgan fingerprint density at radius 1 is 0.471 bits per heavy atom. The van der Waals surface area contributed by atoms with Crippen LogP contribution in [0.15, 0.2) is 230 Å². The fourth-order valence-corrected chi connectivity index (χ4v) is 11.7. The van der Waals surface area contributed by atoms with Gasteiger partial charge in [-0.05, 0) is 118 Å². The van der Waals surface area contributed by atoms with Gasteiger partial charge in [-0.25, -0.2) is 0 Å². The molecule has 0 fully saturated rings. The summed E-state index contributed by atoms with van der Waals surface area (Å²) < 4.78 is 3.73. The van der Waals surface area contributed by atoms with Crippen molar-refractivity contribution in [3.8, 4) is 39.8 Å². The second-order valence-electron chi connectivity index (χ2n) is 17.7. The second kappa shape index (κ2) is 16.8. The maximum absolute atomic E-state index is 3.56. The fourth-order valence-electron chi connectivity index (χ4n) is 10.6. The van der Waals surface area contributed by atoms with Crippen LogP contribution in [0.25, 0.3) is 87.8 Å². The smallest absolute Gasteiger partial charge is 0.0853 e. The topological polar surface area (TPSA) is 8.17 Å². The van der Waals surface area contributed by atoms with Crippen LogP contribution in [-0.4, -0.2) is 4.57 Å². The highest BCUT2D eigenvalue weighted by Gasteiger charge is 2.24. The van der Waals surface area contributed by atoms with Gasteiger partial charge in [-0.1, -0.05) is 182 Å².